The lowest BCUT2D eigenvalue weighted by atomic mass is 10.2. The second-order valence-electron chi connectivity index (χ2n) is 4.52. The zero-order chi connectivity index (χ0) is 15.5. The molecule has 0 unspecified atom stereocenters. The summed E-state index contributed by atoms with van der Waals surface area (Å²) in [4.78, 5) is 15.7. The number of nitriles is 1. The number of sulfone groups is 1. The Bertz CT molecular complexity index is 864. The summed E-state index contributed by atoms with van der Waals surface area (Å²) in [5.74, 6) is -0.230. The monoisotopic (exact) mass is 303 g/mol. The van der Waals surface area contributed by atoms with E-state index < -0.39 is 9.84 Å². The van der Waals surface area contributed by atoms with Crippen LogP contribution in [0.5, 0.6) is 0 Å². The van der Waals surface area contributed by atoms with Gasteiger partial charge in [0.1, 0.15) is 0 Å². The molecule has 0 fully saturated rings. The molecule has 0 spiro atoms. The van der Waals surface area contributed by atoms with E-state index in [1.54, 1.807) is 6.92 Å². The quantitative estimate of drug-likeness (QED) is 0.836. The predicted octanol–water partition coefficient (Wildman–Crippen LogP) is 0.897. The number of aromatic nitrogens is 2. The summed E-state index contributed by atoms with van der Waals surface area (Å²) >= 11 is 0. The highest BCUT2D eigenvalue weighted by Crippen LogP contribution is 2.13. The summed E-state index contributed by atoms with van der Waals surface area (Å²) in [7, 11) is -3.56. The van der Waals surface area contributed by atoms with Gasteiger partial charge in [-0.15, -0.1) is 0 Å². The number of aryl methyl sites for hydroxylation is 2. The third-order valence-corrected chi connectivity index (χ3v) is 4.63. The van der Waals surface area contributed by atoms with Gasteiger partial charge in [0.15, 0.2) is 9.84 Å². The molecule has 0 N–H and O–H groups in total. The molecule has 1 heterocycles. The Kier molecular flexibility index (Phi) is 4.19. The lowest BCUT2D eigenvalue weighted by Crippen LogP contribution is -2.24. The number of hydrogen-bond donors (Lipinski definition) is 0. The molecule has 0 aliphatic carbocycles. The number of nitrogens with zero attached hydrogens (tertiary/aromatic N) is 3. The molecule has 0 bridgehead atoms. The van der Waals surface area contributed by atoms with Gasteiger partial charge in [-0.2, -0.15) is 5.26 Å². The van der Waals surface area contributed by atoms with E-state index in [1.807, 2.05) is 6.07 Å². The van der Waals surface area contributed by atoms with Crippen LogP contribution in [-0.2, 0) is 16.4 Å². The van der Waals surface area contributed by atoms with E-state index in [0.717, 1.165) is 0 Å². The molecule has 108 valence electrons. The first-order valence-electron chi connectivity index (χ1n) is 6.18. The maximum Gasteiger partial charge on any atom is 0.253 e. The number of rotatable bonds is 4. The molecule has 2 rings (SSSR count). The summed E-state index contributed by atoms with van der Waals surface area (Å²) in [6.45, 7) is 1.71. The zero-order valence-corrected chi connectivity index (χ0v) is 12.2. The van der Waals surface area contributed by atoms with Gasteiger partial charge in [-0.3, -0.25) is 9.36 Å². The van der Waals surface area contributed by atoms with Gasteiger partial charge >= 0.3 is 0 Å². The minimum atomic E-state index is -3.56. The standard InChI is InChI=1S/C14H13N3O3S/c1-11-7-14(18)17(10-16-11)5-6-21(19,20)13-4-2-3-12(8-13)9-15/h2-4,7-8,10H,5-6H2,1H3. The zero-order valence-electron chi connectivity index (χ0n) is 11.4. The van der Waals surface area contributed by atoms with E-state index >= 15 is 0 Å². The molecule has 1 aromatic carbocycles. The Morgan fingerprint density at radius 3 is 2.76 bits per heavy atom. The first-order chi connectivity index (χ1) is 9.92. The number of benzene rings is 1. The van der Waals surface area contributed by atoms with Crippen LogP contribution in [0.4, 0.5) is 0 Å². The molecule has 7 heteroatoms. The molecular weight excluding hydrogens is 290 g/mol. The molecule has 0 saturated heterocycles. The molecular formula is C14H13N3O3S. The second-order valence-corrected chi connectivity index (χ2v) is 6.63. The van der Waals surface area contributed by atoms with E-state index in [1.165, 1.54) is 41.2 Å². The largest absolute Gasteiger partial charge is 0.298 e. The summed E-state index contributed by atoms with van der Waals surface area (Å²) < 4.78 is 25.7. The van der Waals surface area contributed by atoms with Crippen LogP contribution in [0.15, 0.2) is 46.3 Å². The molecule has 0 saturated carbocycles. The van der Waals surface area contributed by atoms with Crippen LogP contribution in [0.3, 0.4) is 0 Å². The molecule has 0 amide bonds. The van der Waals surface area contributed by atoms with Crippen molar-refractivity contribution in [1.82, 2.24) is 9.55 Å². The number of hydrogen-bond acceptors (Lipinski definition) is 5. The highest BCUT2D eigenvalue weighted by molar-refractivity contribution is 7.91. The van der Waals surface area contributed by atoms with E-state index in [9.17, 15) is 13.2 Å². The maximum absolute atomic E-state index is 12.2. The van der Waals surface area contributed by atoms with Crippen LogP contribution >= 0.6 is 0 Å². The Hall–Kier alpha value is -2.46. The fourth-order valence-electron chi connectivity index (χ4n) is 1.78. The molecule has 21 heavy (non-hydrogen) atoms. The van der Waals surface area contributed by atoms with Crippen LogP contribution in [-0.4, -0.2) is 23.7 Å². The highest BCUT2D eigenvalue weighted by Gasteiger charge is 2.15. The van der Waals surface area contributed by atoms with Gasteiger partial charge in [-0.25, -0.2) is 13.4 Å². The SMILES string of the molecule is Cc1cc(=O)n(CCS(=O)(=O)c2cccc(C#N)c2)cn1. The van der Waals surface area contributed by atoms with Crippen LogP contribution < -0.4 is 5.56 Å². The van der Waals surface area contributed by atoms with Gasteiger partial charge in [0.25, 0.3) is 5.56 Å². The smallest absolute Gasteiger partial charge is 0.253 e. The lowest BCUT2D eigenvalue weighted by molar-refractivity contribution is 0.586. The van der Waals surface area contributed by atoms with E-state index in [2.05, 4.69) is 4.98 Å². The maximum atomic E-state index is 12.2. The van der Waals surface area contributed by atoms with Gasteiger partial charge in [0, 0.05) is 18.3 Å². The van der Waals surface area contributed by atoms with Crippen molar-refractivity contribution in [1.29, 1.82) is 5.26 Å². The molecule has 0 aliphatic rings. The fourth-order valence-corrected chi connectivity index (χ4v) is 3.05. The van der Waals surface area contributed by atoms with Crippen molar-refractivity contribution >= 4 is 9.84 Å². The van der Waals surface area contributed by atoms with Gasteiger partial charge in [-0.05, 0) is 25.1 Å². The normalized spacial score (nSPS) is 11.0. The van der Waals surface area contributed by atoms with Gasteiger partial charge in [0.2, 0.25) is 0 Å². The van der Waals surface area contributed by atoms with Crippen molar-refractivity contribution < 1.29 is 8.42 Å². The minimum Gasteiger partial charge on any atom is -0.298 e. The minimum absolute atomic E-state index is 0.0191. The highest BCUT2D eigenvalue weighted by atomic mass is 32.2. The van der Waals surface area contributed by atoms with Crippen molar-refractivity contribution in [3.63, 3.8) is 0 Å². The first kappa shape index (κ1) is 14.9. The summed E-state index contributed by atoms with van der Waals surface area (Å²) in [5, 5.41) is 8.80. The van der Waals surface area contributed by atoms with E-state index in [0.29, 0.717) is 5.69 Å². The topological polar surface area (TPSA) is 92.8 Å². The van der Waals surface area contributed by atoms with Crippen molar-refractivity contribution in [2.24, 2.45) is 0 Å². The molecule has 1 aromatic heterocycles. The Balaban J connectivity index is 2.22. The Labute approximate surface area is 122 Å². The van der Waals surface area contributed by atoms with Crippen molar-refractivity contribution in [2.45, 2.75) is 18.4 Å². The van der Waals surface area contributed by atoms with Crippen LogP contribution in [0.2, 0.25) is 0 Å². The van der Waals surface area contributed by atoms with Gasteiger partial charge < -0.3 is 0 Å². The summed E-state index contributed by atoms with van der Waals surface area (Å²) in [6.07, 6.45) is 1.33. The Morgan fingerprint density at radius 2 is 2.10 bits per heavy atom. The van der Waals surface area contributed by atoms with Crippen LogP contribution in [0.25, 0.3) is 0 Å². The lowest BCUT2D eigenvalue weighted by Gasteiger charge is -2.07. The van der Waals surface area contributed by atoms with Gasteiger partial charge in [0.05, 0.1) is 28.6 Å². The molecule has 6 nitrogen and oxygen atoms in total. The fraction of sp³-hybridized carbons (Fsp3) is 0.214. The molecule has 0 radical (unpaired) electrons. The van der Waals surface area contributed by atoms with Crippen LogP contribution in [0.1, 0.15) is 11.3 Å². The van der Waals surface area contributed by atoms with E-state index in [-0.39, 0.29) is 28.3 Å². The third kappa shape index (κ3) is 3.55. The molecule has 2 aromatic rings. The average molecular weight is 303 g/mol. The third-order valence-electron chi connectivity index (χ3n) is 2.94. The summed E-state index contributed by atoms with van der Waals surface area (Å²) in [5.41, 5.74) is 0.578. The van der Waals surface area contributed by atoms with Crippen molar-refractivity contribution in [3.8, 4) is 6.07 Å². The first-order valence-corrected chi connectivity index (χ1v) is 7.83. The van der Waals surface area contributed by atoms with Crippen molar-refractivity contribution in [3.05, 3.63) is 58.3 Å². The average Bonchev–Trinajstić information content (AvgIpc) is 2.46. The summed E-state index contributed by atoms with van der Waals surface area (Å²) in [6, 6.07) is 9.06. The second kappa shape index (κ2) is 5.89. The van der Waals surface area contributed by atoms with Crippen molar-refractivity contribution in [2.75, 3.05) is 5.75 Å². The molecule has 0 atom stereocenters. The Morgan fingerprint density at radius 1 is 1.33 bits per heavy atom. The van der Waals surface area contributed by atoms with Gasteiger partial charge in [-0.1, -0.05) is 6.07 Å². The van der Waals surface area contributed by atoms with E-state index in [4.69, 9.17) is 5.26 Å². The van der Waals surface area contributed by atoms with Crippen LogP contribution in [0, 0.1) is 18.3 Å². The molecule has 0 aliphatic heterocycles. The predicted molar refractivity (Wildman–Crippen MR) is 76.4 cm³/mol.